The summed E-state index contributed by atoms with van der Waals surface area (Å²) in [5.74, 6) is -0.545. The summed E-state index contributed by atoms with van der Waals surface area (Å²) in [6, 6.07) is 20.4. The van der Waals surface area contributed by atoms with Crippen LogP contribution in [-0.4, -0.2) is 29.4 Å². The van der Waals surface area contributed by atoms with Crippen LogP contribution in [0.25, 0.3) is 0 Å². The lowest BCUT2D eigenvalue weighted by molar-refractivity contribution is 0.0934. The molecule has 0 aliphatic carbocycles. The molecule has 9 heteroatoms. The van der Waals surface area contributed by atoms with Crippen molar-refractivity contribution in [2.45, 2.75) is 20.3 Å². The molecular formula is C26H26N4O4S. The molecule has 3 aromatic rings. The van der Waals surface area contributed by atoms with Gasteiger partial charge in [-0.3, -0.25) is 30.6 Å². The molecule has 4 N–H and O–H groups in total. The number of benzene rings is 3. The average Bonchev–Trinajstić information content (AvgIpc) is 2.86. The molecule has 3 aromatic carbocycles. The van der Waals surface area contributed by atoms with Gasteiger partial charge in [-0.05, 0) is 79.7 Å². The standard InChI is InChI=1S/C26H26N4O4S/c1-3-15-34-21-9-6-8-19(16-21)23(31)28-26(35)30-29-24(32)18-11-13-20(14-12-18)27-25(33)22-10-5-4-7-17(22)2/h4-14,16H,3,15H2,1-2H3,(H,27,33)(H,29,32)(H2,28,30,31,35). The van der Waals surface area contributed by atoms with Crippen LogP contribution in [0, 0.1) is 6.92 Å². The number of ether oxygens (including phenoxy) is 1. The second-order valence-corrected chi connectivity index (χ2v) is 7.99. The highest BCUT2D eigenvalue weighted by Gasteiger charge is 2.12. The highest BCUT2D eigenvalue weighted by atomic mass is 32.1. The molecule has 0 spiro atoms. The van der Waals surface area contributed by atoms with E-state index >= 15 is 0 Å². The van der Waals surface area contributed by atoms with Crippen LogP contribution in [0.15, 0.2) is 72.8 Å². The summed E-state index contributed by atoms with van der Waals surface area (Å²) in [7, 11) is 0. The maximum absolute atomic E-state index is 12.4. The largest absolute Gasteiger partial charge is 0.494 e. The minimum Gasteiger partial charge on any atom is -0.494 e. The molecule has 0 bridgehead atoms. The number of nitrogens with one attached hydrogen (secondary N) is 4. The van der Waals surface area contributed by atoms with Gasteiger partial charge >= 0.3 is 0 Å². The van der Waals surface area contributed by atoms with E-state index in [1.807, 2.05) is 26.0 Å². The number of hydrogen-bond acceptors (Lipinski definition) is 5. The van der Waals surface area contributed by atoms with Crippen molar-refractivity contribution in [2.75, 3.05) is 11.9 Å². The van der Waals surface area contributed by atoms with Gasteiger partial charge in [-0.15, -0.1) is 0 Å². The summed E-state index contributed by atoms with van der Waals surface area (Å²) in [4.78, 5) is 37.2. The number of hydrogen-bond donors (Lipinski definition) is 4. The Labute approximate surface area is 209 Å². The first-order valence-electron chi connectivity index (χ1n) is 11.0. The van der Waals surface area contributed by atoms with Crippen molar-refractivity contribution < 1.29 is 19.1 Å². The zero-order valence-electron chi connectivity index (χ0n) is 19.4. The normalized spacial score (nSPS) is 10.1. The van der Waals surface area contributed by atoms with Gasteiger partial charge in [0.25, 0.3) is 17.7 Å². The van der Waals surface area contributed by atoms with E-state index in [0.29, 0.717) is 34.7 Å². The number of anilines is 1. The van der Waals surface area contributed by atoms with Crippen LogP contribution in [0.1, 0.15) is 50.0 Å². The molecule has 0 aliphatic rings. The predicted molar refractivity (Wildman–Crippen MR) is 138 cm³/mol. The number of carbonyl (C=O) groups is 3. The number of aryl methyl sites for hydroxylation is 1. The van der Waals surface area contributed by atoms with Gasteiger partial charge in [0.05, 0.1) is 6.61 Å². The van der Waals surface area contributed by atoms with Crippen LogP contribution in [0.5, 0.6) is 5.75 Å². The Morgan fingerprint density at radius 2 is 1.57 bits per heavy atom. The monoisotopic (exact) mass is 490 g/mol. The van der Waals surface area contributed by atoms with E-state index in [2.05, 4.69) is 21.5 Å². The Morgan fingerprint density at radius 3 is 2.29 bits per heavy atom. The summed E-state index contributed by atoms with van der Waals surface area (Å²) >= 11 is 5.09. The molecule has 0 radical (unpaired) electrons. The van der Waals surface area contributed by atoms with E-state index in [-0.39, 0.29) is 11.0 Å². The Hall–Kier alpha value is -4.24. The highest BCUT2D eigenvalue weighted by Crippen LogP contribution is 2.14. The van der Waals surface area contributed by atoms with Crippen molar-refractivity contribution in [1.29, 1.82) is 0 Å². The number of carbonyl (C=O) groups excluding carboxylic acids is 3. The van der Waals surface area contributed by atoms with Gasteiger partial charge in [0.15, 0.2) is 5.11 Å². The molecule has 0 heterocycles. The van der Waals surface area contributed by atoms with Gasteiger partial charge in [-0.1, -0.05) is 31.2 Å². The van der Waals surface area contributed by atoms with Crippen molar-refractivity contribution in [3.05, 3.63) is 95.1 Å². The number of thiocarbonyl (C=S) groups is 1. The zero-order valence-corrected chi connectivity index (χ0v) is 20.2. The molecule has 0 aromatic heterocycles. The first-order valence-corrected chi connectivity index (χ1v) is 11.4. The number of amides is 3. The fourth-order valence-electron chi connectivity index (χ4n) is 3.07. The molecule has 35 heavy (non-hydrogen) atoms. The summed E-state index contributed by atoms with van der Waals surface area (Å²) in [5.41, 5.74) is 7.64. The van der Waals surface area contributed by atoms with E-state index in [0.717, 1.165) is 12.0 Å². The molecule has 0 fully saturated rings. The second kappa shape index (κ2) is 12.3. The SMILES string of the molecule is CCCOc1cccc(C(=O)NC(=S)NNC(=O)c2ccc(NC(=O)c3ccccc3C)cc2)c1. The van der Waals surface area contributed by atoms with Crippen LogP contribution in [0.2, 0.25) is 0 Å². The van der Waals surface area contributed by atoms with E-state index < -0.39 is 11.8 Å². The van der Waals surface area contributed by atoms with Crippen LogP contribution in [-0.2, 0) is 0 Å². The van der Waals surface area contributed by atoms with Gasteiger partial charge in [0.1, 0.15) is 5.75 Å². The molecule has 8 nitrogen and oxygen atoms in total. The van der Waals surface area contributed by atoms with Gasteiger partial charge in [-0.2, -0.15) is 0 Å². The van der Waals surface area contributed by atoms with Crippen LogP contribution < -0.4 is 26.2 Å². The van der Waals surface area contributed by atoms with Crippen LogP contribution in [0.3, 0.4) is 0 Å². The molecule has 3 amide bonds. The Balaban J connectivity index is 1.49. The van der Waals surface area contributed by atoms with Crippen molar-refractivity contribution >= 4 is 40.7 Å². The van der Waals surface area contributed by atoms with Crippen molar-refractivity contribution in [3.63, 3.8) is 0 Å². The van der Waals surface area contributed by atoms with E-state index in [1.54, 1.807) is 60.7 Å². The fourth-order valence-corrected chi connectivity index (χ4v) is 3.21. The van der Waals surface area contributed by atoms with Gasteiger partial charge < -0.3 is 10.1 Å². The van der Waals surface area contributed by atoms with Gasteiger partial charge in [0.2, 0.25) is 0 Å². The molecule has 0 unspecified atom stereocenters. The molecule has 0 aliphatic heterocycles. The van der Waals surface area contributed by atoms with Crippen LogP contribution in [0.4, 0.5) is 5.69 Å². The molecule has 0 saturated heterocycles. The summed E-state index contributed by atoms with van der Waals surface area (Å²) in [6.45, 7) is 4.41. The van der Waals surface area contributed by atoms with Crippen molar-refractivity contribution in [1.82, 2.24) is 16.2 Å². The maximum atomic E-state index is 12.4. The lowest BCUT2D eigenvalue weighted by Gasteiger charge is -2.12. The molecule has 180 valence electrons. The van der Waals surface area contributed by atoms with Crippen molar-refractivity contribution in [2.24, 2.45) is 0 Å². The molecular weight excluding hydrogens is 464 g/mol. The van der Waals surface area contributed by atoms with E-state index in [9.17, 15) is 14.4 Å². The summed E-state index contributed by atoms with van der Waals surface area (Å²) in [5, 5.41) is 5.24. The second-order valence-electron chi connectivity index (χ2n) is 7.59. The smallest absolute Gasteiger partial charge is 0.269 e. The van der Waals surface area contributed by atoms with Gasteiger partial charge in [-0.25, -0.2) is 0 Å². The zero-order chi connectivity index (χ0) is 25.2. The van der Waals surface area contributed by atoms with Crippen molar-refractivity contribution in [3.8, 4) is 5.75 Å². The quantitative estimate of drug-likeness (QED) is 0.295. The first kappa shape index (κ1) is 25.4. The summed E-state index contributed by atoms with van der Waals surface area (Å²) in [6.07, 6.45) is 0.856. The summed E-state index contributed by atoms with van der Waals surface area (Å²) < 4.78 is 5.53. The minimum absolute atomic E-state index is 0.0645. The minimum atomic E-state index is -0.464. The van der Waals surface area contributed by atoms with Crippen LogP contribution >= 0.6 is 12.2 Å². The highest BCUT2D eigenvalue weighted by molar-refractivity contribution is 7.80. The first-order chi connectivity index (χ1) is 16.9. The van der Waals surface area contributed by atoms with Gasteiger partial charge in [0, 0.05) is 22.4 Å². The number of hydrazine groups is 1. The Bertz CT molecular complexity index is 1230. The third kappa shape index (κ3) is 7.38. The average molecular weight is 491 g/mol. The predicted octanol–water partition coefficient (Wildman–Crippen LogP) is 3.99. The third-order valence-electron chi connectivity index (χ3n) is 4.88. The fraction of sp³-hybridized carbons (Fsp3) is 0.154. The molecule has 0 saturated carbocycles. The Kier molecular flexibility index (Phi) is 8.91. The maximum Gasteiger partial charge on any atom is 0.269 e. The lowest BCUT2D eigenvalue weighted by Crippen LogP contribution is -2.48. The molecule has 0 atom stereocenters. The third-order valence-corrected chi connectivity index (χ3v) is 5.08. The molecule has 3 rings (SSSR count). The Morgan fingerprint density at radius 1 is 0.829 bits per heavy atom. The topological polar surface area (TPSA) is 109 Å². The lowest BCUT2D eigenvalue weighted by atomic mass is 10.1. The van der Waals surface area contributed by atoms with E-state index in [1.165, 1.54) is 0 Å². The number of rotatable bonds is 7. The van der Waals surface area contributed by atoms with E-state index in [4.69, 9.17) is 17.0 Å².